The van der Waals surface area contributed by atoms with Gasteiger partial charge in [-0.2, -0.15) is 0 Å². The average molecular weight is 303 g/mol. The summed E-state index contributed by atoms with van der Waals surface area (Å²) in [4.78, 5) is 7.10. The molecule has 1 saturated carbocycles. The minimum atomic E-state index is 0.223. The third-order valence-corrected chi connectivity index (χ3v) is 5.20. The topological polar surface area (TPSA) is 36.4 Å². The standard InChI is InChI=1S/C14H23ClN2OS/c1-2-13(14-16-11(9-15)10-19-14)17(7-8-18)12-5-3-4-6-12/h10,12-13,18H,2-9H2,1H3. The first-order valence-electron chi connectivity index (χ1n) is 7.17. The van der Waals surface area contributed by atoms with E-state index in [4.69, 9.17) is 11.6 Å². The summed E-state index contributed by atoms with van der Waals surface area (Å²) < 4.78 is 0. The molecule has 0 aromatic carbocycles. The number of nitrogens with zero attached hydrogens (tertiary/aromatic N) is 2. The molecule has 0 spiro atoms. The molecule has 3 nitrogen and oxygen atoms in total. The molecule has 0 aliphatic heterocycles. The van der Waals surface area contributed by atoms with Gasteiger partial charge < -0.3 is 5.11 Å². The molecule has 1 atom stereocenters. The van der Waals surface area contributed by atoms with Crippen molar-refractivity contribution in [2.24, 2.45) is 0 Å². The quantitative estimate of drug-likeness (QED) is 0.782. The second kappa shape index (κ2) is 7.58. The van der Waals surface area contributed by atoms with E-state index in [0.29, 0.717) is 18.0 Å². The van der Waals surface area contributed by atoms with Crippen LogP contribution in [0.2, 0.25) is 0 Å². The van der Waals surface area contributed by atoms with E-state index >= 15 is 0 Å². The van der Waals surface area contributed by atoms with Crippen LogP contribution in [0.1, 0.15) is 55.8 Å². The van der Waals surface area contributed by atoms with Gasteiger partial charge in [0.25, 0.3) is 0 Å². The minimum absolute atomic E-state index is 0.223. The van der Waals surface area contributed by atoms with Crippen molar-refractivity contribution in [2.75, 3.05) is 13.2 Å². The Bertz CT molecular complexity index is 379. The molecule has 2 rings (SSSR count). The van der Waals surface area contributed by atoms with Crippen molar-refractivity contribution in [3.8, 4) is 0 Å². The predicted octanol–water partition coefficient (Wildman–Crippen LogP) is 3.57. The van der Waals surface area contributed by atoms with Crippen LogP contribution in [0.25, 0.3) is 0 Å². The monoisotopic (exact) mass is 302 g/mol. The Balaban J connectivity index is 2.15. The molecule has 5 heteroatoms. The molecule has 0 saturated heterocycles. The number of rotatable bonds is 7. The smallest absolute Gasteiger partial charge is 0.110 e. The van der Waals surface area contributed by atoms with Crippen LogP contribution in [0.15, 0.2) is 5.38 Å². The van der Waals surface area contributed by atoms with Crippen LogP contribution in [0.5, 0.6) is 0 Å². The van der Waals surface area contributed by atoms with Gasteiger partial charge in [-0.1, -0.05) is 19.8 Å². The van der Waals surface area contributed by atoms with Crippen molar-refractivity contribution in [3.63, 3.8) is 0 Å². The van der Waals surface area contributed by atoms with E-state index in [2.05, 4.69) is 22.2 Å². The van der Waals surface area contributed by atoms with E-state index in [1.54, 1.807) is 11.3 Å². The second-order valence-electron chi connectivity index (χ2n) is 5.13. The number of aliphatic hydroxyl groups excluding tert-OH is 1. The molecule has 1 N–H and O–H groups in total. The number of aromatic nitrogens is 1. The van der Waals surface area contributed by atoms with E-state index in [1.807, 2.05) is 0 Å². The van der Waals surface area contributed by atoms with Crippen LogP contribution in [0, 0.1) is 0 Å². The first kappa shape index (κ1) is 15.2. The molecule has 0 amide bonds. The first-order valence-corrected chi connectivity index (χ1v) is 8.58. The first-order chi connectivity index (χ1) is 9.30. The molecule has 1 aliphatic rings. The van der Waals surface area contributed by atoms with Crippen molar-refractivity contribution in [1.29, 1.82) is 0 Å². The highest BCUT2D eigenvalue weighted by atomic mass is 35.5. The summed E-state index contributed by atoms with van der Waals surface area (Å²) in [6.45, 7) is 3.17. The molecule has 1 fully saturated rings. The molecular formula is C14H23ClN2OS. The average Bonchev–Trinajstić information content (AvgIpc) is 3.10. The van der Waals surface area contributed by atoms with Crippen LogP contribution in [-0.2, 0) is 5.88 Å². The Kier molecular flexibility index (Phi) is 6.07. The lowest BCUT2D eigenvalue weighted by Gasteiger charge is -2.34. The lowest BCUT2D eigenvalue weighted by Crippen LogP contribution is -2.38. The molecular weight excluding hydrogens is 280 g/mol. The van der Waals surface area contributed by atoms with Crippen molar-refractivity contribution < 1.29 is 5.11 Å². The van der Waals surface area contributed by atoms with E-state index in [1.165, 1.54) is 25.7 Å². The minimum Gasteiger partial charge on any atom is -0.395 e. The van der Waals surface area contributed by atoms with E-state index < -0.39 is 0 Å². The number of hydrogen-bond acceptors (Lipinski definition) is 4. The van der Waals surface area contributed by atoms with Crippen molar-refractivity contribution in [3.05, 3.63) is 16.1 Å². The Morgan fingerprint density at radius 3 is 2.79 bits per heavy atom. The highest BCUT2D eigenvalue weighted by Gasteiger charge is 2.29. The molecule has 108 valence electrons. The maximum atomic E-state index is 9.36. The molecule has 1 aliphatic carbocycles. The third kappa shape index (κ3) is 3.69. The zero-order valence-corrected chi connectivity index (χ0v) is 13.1. The van der Waals surface area contributed by atoms with Gasteiger partial charge in [0.2, 0.25) is 0 Å². The maximum Gasteiger partial charge on any atom is 0.110 e. The number of alkyl halides is 1. The number of aliphatic hydroxyl groups is 1. The van der Waals surface area contributed by atoms with Crippen molar-refractivity contribution in [2.45, 2.75) is 57.0 Å². The summed E-state index contributed by atoms with van der Waals surface area (Å²) in [6, 6.07) is 0.942. The van der Waals surface area contributed by atoms with Crippen LogP contribution >= 0.6 is 22.9 Å². The highest BCUT2D eigenvalue weighted by molar-refractivity contribution is 7.09. The van der Waals surface area contributed by atoms with Gasteiger partial charge in [0.15, 0.2) is 0 Å². The molecule has 0 bridgehead atoms. The van der Waals surface area contributed by atoms with Gasteiger partial charge in [0, 0.05) is 18.0 Å². The maximum absolute atomic E-state index is 9.36. The zero-order valence-electron chi connectivity index (χ0n) is 11.5. The van der Waals surface area contributed by atoms with Gasteiger partial charge >= 0.3 is 0 Å². The summed E-state index contributed by atoms with van der Waals surface area (Å²) in [7, 11) is 0. The Morgan fingerprint density at radius 1 is 1.53 bits per heavy atom. The molecule has 0 radical (unpaired) electrons. The van der Waals surface area contributed by atoms with Gasteiger partial charge in [-0.05, 0) is 19.3 Å². The number of thiazole rings is 1. The van der Waals surface area contributed by atoms with Gasteiger partial charge in [-0.25, -0.2) is 4.98 Å². The SMILES string of the molecule is CCC(c1nc(CCl)cs1)N(CCO)C1CCCC1. The van der Waals surface area contributed by atoms with Crippen molar-refractivity contribution >= 4 is 22.9 Å². The Labute approximate surface area is 124 Å². The Hall–Kier alpha value is -0.160. The third-order valence-electron chi connectivity index (χ3n) is 3.93. The molecule has 1 unspecified atom stereocenters. The van der Waals surface area contributed by atoms with E-state index in [0.717, 1.165) is 23.7 Å². The van der Waals surface area contributed by atoms with Crippen LogP contribution < -0.4 is 0 Å². The van der Waals surface area contributed by atoms with Gasteiger partial charge in [-0.3, -0.25) is 4.90 Å². The Morgan fingerprint density at radius 2 is 2.26 bits per heavy atom. The molecule has 1 aromatic heterocycles. The fourth-order valence-corrected chi connectivity index (χ4v) is 4.28. The molecule has 1 heterocycles. The normalized spacial score (nSPS) is 18.3. The summed E-state index contributed by atoms with van der Waals surface area (Å²) in [5, 5.41) is 12.6. The van der Waals surface area contributed by atoms with E-state index in [9.17, 15) is 5.11 Å². The largest absolute Gasteiger partial charge is 0.395 e. The fourth-order valence-electron chi connectivity index (χ4n) is 3.03. The van der Waals surface area contributed by atoms with Gasteiger partial charge in [-0.15, -0.1) is 22.9 Å². The zero-order chi connectivity index (χ0) is 13.7. The summed E-state index contributed by atoms with van der Waals surface area (Å²) in [6.07, 6.45) is 6.17. The lowest BCUT2D eigenvalue weighted by molar-refractivity contribution is 0.101. The van der Waals surface area contributed by atoms with E-state index in [-0.39, 0.29) is 6.61 Å². The van der Waals surface area contributed by atoms with Crippen molar-refractivity contribution in [1.82, 2.24) is 9.88 Å². The number of halogens is 1. The summed E-state index contributed by atoms with van der Waals surface area (Å²) >= 11 is 7.55. The predicted molar refractivity (Wildman–Crippen MR) is 80.8 cm³/mol. The highest BCUT2D eigenvalue weighted by Crippen LogP contribution is 2.34. The van der Waals surface area contributed by atoms with Crippen LogP contribution in [-0.4, -0.2) is 34.2 Å². The molecule has 19 heavy (non-hydrogen) atoms. The second-order valence-corrected chi connectivity index (χ2v) is 6.29. The van der Waals surface area contributed by atoms with Gasteiger partial charge in [0.05, 0.1) is 24.2 Å². The van der Waals surface area contributed by atoms with Crippen LogP contribution in [0.3, 0.4) is 0 Å². The number of hydrogen-bond donors (Lipinski definition) is 1. The van der Waals surface area contributed by atoms with Crippen LogP contribution in [0.4, 0.5) is 0 Å². The summed E-state index contributed by atoms with van der Waals surface area (Å²) in [5.74, 6) is 0.483. The lowest BCUT2D eigenvalue weighted by atomic mass is 10.1. The fraction of sp³-hybridized carbons (Fsp3) is 0.786. The summed E-state index contributed by atoms with van der Waals surface area (Å²) in [5.41, 5.74) is 0.968. The molecule has 1 aromatic rings. The van der Waals surface area contributed by atoms with Gasteiger partial charge in [0.1, 0.15) is 5.01 Å².